The molecule has 0 atom stereocenters. The lowest BCUT2D eigenvalue weighted by Gasteiger charge is -2.19. The van der Waals surface area contributed by atoms with Crippen molar-refractivity contribution in [1.82, 2.24) is 15.1 Å². The molecule has 1 aromatic carbocycles. The molecule has 2 aromatic rings. The molecule has 1 N–H and O–H groups in total. The molecule has 2 rings (SSSR count). The van der Waals surface area contributed by atoms with E-state index in [2.05, 4.69) is 69.3 Å². The molecule has 0 spiro atoms. The maximum atomic E-state index is 4.63. The van der Waals surface area contributed by atoms with Crippen molar-refractivity contribution in [2.75, 3.05) is 0 Å². The number of aryl methyl sites for hydroxylation is 2. The molecule has 0 aliphatic rings. The number of aromatic nitrogens is 2. The molecule has 1 aromatic heterocycles. The summed E-state index contributed by atoms with van der Waals surface area (Å²) in [6.45, 7) is 11.5. The second-order valence-corrected chi connectivity index (χ2v) is 6.15. The van der Waals surface area contributed by atoms with E-state index in [0.29, 0.717) is 0 Å². The molecule has 0 bridgehead atoms. The predicted molar refractivity (Wildman–Crippen MR) is 79.6 cm³/mol. The molecule has 1 heterocycles. The summed E-state index contributed by atoms with van der Waals surface area (Å²) in [6.07, 6.45) is 2.03. The van der Waals surface area contributed by atoms with E-state index in [9.17, 15) is 0 Å². The number of hydrogen-bond donors (Lipinski definition) is 1. The quantitative estimate of drug-likeness (QED) is 0.913. The molecule has 19 heavy (non-hydrogen) atoms. The zero-order valence-electron chi connectivity index (χ0n) is 12.5. The molecule has 0 aliphatic heterocycles. The highest BCUT2D eigenvalue weighted by Crippen LogP contribution is 2.15. The van der Waals surface area contributed by atoms with Crippen molar-refractivity contribution < 1.29 is 0 Å². The Balaban J connectivity index is 2.16. The van der Waals surface area contributed by atoms with E-state index >= 15 is 0 Å². The van der Waals surface area contributed by atoms with E-state index in [4.69, 9.17) is 0 Å². The molecule has 0 fully saturated rings. The number of benzene rings is 1. The third-order valence-corrected chi connectivity index (χ3v) is 3.04. The smallest absolute Gasteiger partial charge is 0.0767 e. The Kier molecular flexibility index (Phi) is 3.76. The predicted octanol–water partition coefficient (Wildman–Crippen LogP) is 3.38. The topological polar surface area (TPSA) is 29.9 Å². The number of rotatable bonds is 3. The van der Waals surface area contributed by atoms with Crippen molar-refractivity contribution in [3.05, 3.63) is 47.3 Å². The van der Waals surface area contributed by atoms with E-state index in [1.807, 2.05) is 10.9 Å². The second-order valence-electron chi connectivity index (χ2n) is 6.15. The first-order chi connectivity index (χ1) is 8.85. The molecular formula is C16H23N3. The van der Waals surface area contributed by atoms with Crippen LogP contribution in [0.3, 0.4) is 0 Å². The average molecular weight is 257 g/mol. The molecule has 0 saturated carbocycles. The van der Waals surface area contributed by atoms with Gasteiger partial charge in [0.25, 0.3) is 0 Å². The molecular weight excluding hydrogens is 234 g/mol. The van der Waals surface area contributed by atoms with Gasteiger partial charge in [-0.2, -0.15) is 5.10 Å². The van der Waals surface area contributed by atoms with Gasteiger partial charge in [0, 0.05) is 18.3 Å². The highest BCUT2D eigenvalue weighted by Gasteiger charge is 2.10. The Morgan fingerprint density at radius 1 is 1.16 bits per heavy atom. The fraction of sp³-hybridized carbons (Fsp3) is 0.438. The van der Waals surface area contributed by atoms with Gasteiger partial charge in [-0.15, -0.1) is 0 Å². The zero-order valence-corrected chi connectivity index (χ0v) is 12.5. The second kappa shape index (κ2) is 5.17. The standard InChI is InChI=1S/C16H23N3/c1-12-6-7-15(13(2)10-12)19-9-8-14(18-19)11-17-16(3,4)5/h6-10,17H,11H2,1-5H3. The van der Waals surface area contributed by atoms with E-state index in [-0.39, 0.29) is 5.54 Å². The van der Waals surface area contributed by atoms with Gasteiger partial charge in [0.2, 0.25) is 0 Å². The maximum Gasteiger partial charge on any atom is 0.0767 e. The lowest BCUT2D eigenvalue weighted by atomic mass is 10.1. The van der Waals surface area contributed by atoms with Gasteiger partial charge in [-0.3, -0.25) is 0 Å². The minimum Gasteiger partial charge on any atom is -0.306 e. The number of hydrogen-bond acceptors (Lipinski definition) is 2. The fourth-order valence-corrected chi connectivity index (χ4v) is 2.01. The summed E-state index contributed by atoms with van der Waals surface area (Å²) in [5, 5.41) is 8.08. The molecule has 3 nitrogen and oxygen atoms in total. The molecule has 3 heteroatoms. The van der Waals surface area contributed by atoms with Crippen molar-refractivity contribution >= 4 is 0 Å². The normalized spacial score (nSPS) is 11.8. The third-order valence-electron chi connectivity index (χ3n) is 3.04. The van der Waals surface area contributed by atoms with E-state index in [1.165, 1.54) is 11.1 Å². The van der Waals surface area contributed by atoms with E-state index in [0.717, 1.165) is 17.9 Å². The summed E-state index contributed by atoms with van der Waals surface area (Å²) >= 11 is 0. The highest BCUT2D eigenvalue weighted by atomic mass is 15.3. The van der Waals surface area contributed by atoms with Gasteiger partial charge in [-0.1, -0.05) is 17.7 Å². The van der Waals surface area contributed by atoms with Gasteiger partial charge < -0.3 is 5.32 Å². The van der Waals surface area contributed by atoms with Crippen molar-refractivity contribution in [2.45, 2.75) is 46.7 Å². The molecule has 0 aliphatic carbocycles. The van der Waals surface area contributed by atoms with Gasteiger partial charge in [0.1, 0.15) is 0 Å². The first kappa shape index (κ1) is 13.8. The highest BCUT2D eigenvalue weighted by molar-refractivity contribution is 5.41. The number of nitrogens with zero attached hydrogens (tertiary/aromatic N) is 2. The van der Waals surface area contributed by atoms with Gasteiger partial charge in [0.15, 0.2) is 0 Å². The SMILES string of the molecule is Cc1ccc(-n2ccc(CNC(C)(C)C)n2)c(C)c1. The monoisotopic (exact) mass is 257 g/mol. The van der Waals surface area contributed by atoms with Crippen molar-refractivity contribution in [1.29, 1.82) is 0 Å². The van der Waals surface area contributed by atoms with Crippen LogP contribution in [0.4, 0.5) is 0 Å². The first-order valence-electron chi connectivity index (χ1n) is 6.72. The van der Waals surface area contributed by atoms with Gasteiger partial charge >= 0.3 is 0 Å². The lowest BCUT2D eigenvalue weighted by Crippen LogP contribution is -2.35. The summed E-state index contributed by atoms with van der Waals surface area (Å²) in [5.74, 6) is 0. The molecule has 0 unspecified atom stereocenters. The largest absolute Gasteiger partial charge is 0.306 e. The third kappa shape index (κ3) is 3.67. The van der Waals surface area contributed by atoms with Crippen LogP contribution in [0.25, 0.3) is 5.69 Å². The Bertz CT molecular complexity index is 562. The summed E-state index contributed by atoms with van der Waals surface area (Å²) in [6, 6.07) is 8.50. The first-order valence-corrected chi connectivity index (χ1v) is 6.72. The van der Waals surface area contributed by atoms with Gasteiger partial charge in [-0.05, 0) is 52.3 Å². The summed E-state index contributed by atoms with van der Waals surface area (Å²) in [5.41, 5.74) is 4.85. The summed E-state index contributed by atoms with van der Waals surface area (Å²) < 4.78 is 1.95. The fourth-order valence-electron chi connectivity index (χ4n) is 2.01. The molecule has 0 saturated heterocycles. The minimum absolute atomic E-state index is 0.115. The van der Waals surface area contributed by atoms with Crippen LogP contribution in [0.15, 0.2) is 30.5 Å². The molecule has 0 amide bonds. The van der Waals surface area contributed by atoms with Gasteiger partial charge in [0.05, 0.1) is 11.4 Å². The van der Waals surface area contributed by atoms with Crippen LogP contribution in [0.5, 0.6) is 0 Å². The van der Waals surface area contributed by atoms with E-state index in [1.54, 1.807) is 0 Å². The maximum absolute atomic E-state index is 4.63. The van der Waals surface area contributed by atoms with Crippen LogP contribution in [0.1, 0.15) is 37.6 Å². The van der Waals surface area contributed by atoms with Crippen LogP contribution < -0.4 is 5.32 Å². The molecule has 102 valence electrons. The Hall–Kier alpha value is -1.61. The van der Waals surface area contributed by atoms with Crippen molar-refractivity contribution in [2.24, 2.45) is 0 Å². The van der Waals surface area contributed by atoms with Crippen molar-refractivity contribution in [3.63, 3.8) is 0 Å². The summed E-state index contributed by atoms with van der Waals surface area (Å²) in [7, 11) is 0. The Labute approximate surface area is 115 Å². The molecule has 0 radical (unpaired) electrons. The Morgan fingerprint density at radius 3 is 2.53 bits per heavy atom. The minimum atomic E-state index is 0.115. The van der Waals surface area contributed by atoms with Crippen LogP contribution >= 0.6 is 0 Å². The van der Waals surface area contributed by atoms with Crippen LogP contribution in [-0.2, 0) is 6.54 Å². The lowest BCUT2D eigenvalue weighted by molar-refractivity contribution is 0.420. The van der Waals surface area contributed by atoms with Gasteiger partial charge in [-0.25, -0.2) is 4.68 Å². The van der Waals surface area contributed by atoms with Crippen LogP contribution in [-0.4, -0.2) is 15.3 Å². The zero-order chi connectivity index (χ0) is 14.0. The van der Waals surface area contributed by atoms with E-state index < -0.39 is 0 Å². The van der Waals surface area contributed by atoms with Crippen LogP contribution in [0.2, 0.25) is 0 Å². The summed E-state index contributed by atoms with van der Waals surface area (Å²) in [4.78, 5) is 0. The average Bonchev–Trinajstić information content (AvgIpc) is 2.74. The Morgan fingerprint density at radius 2 is 1.89 bits per heavy atom. The van der Waals surface area contributed by atoms with Crippen molar-refractivity contribution in [3.8, 4) is 5.69 Å². The number of nitrogens with one attached hydrogen (secondary N) is 1. The van der Waals surface area contributed by atoms with Crippen LogP contribution in [0, 0.1) is 13.8 Å².